The quantitative estimate of drug-likeness (QED) is 0.902. The summed E-state index contributed by atoms with van der Waals surface area (Å²) in [7, 11) is 3.96. The van der Waals surface area contributed by atoms with Crippen LogP contribution in [0.15, 0.2) is 23.7 Å². The Morgan fingerprint density at radius 3 is 2.71 bits per heavy atom. The Labute approximate surface area is 105 Å². The van der Waals surface area contributed by atoms with Crippen molar-refractivity contribution in [2.45, 2.75) is 13.5 Å². The molecule has 2 rings (SSSR count). The molecule has 0 radical (unpaired) electrons. The molecule has 2 aromatic rings. The molecule has 0 atom stereocenters. The molecule has 0 bridgehead atoms. The number of rotatable bonds is 4. The molecule has 0 spiro atoms. The Bertz CT molecular complexity index is 476. The lowest BCUT2D eigenvalue weighted by atomic mass is 10.4. The number of hydrogen-bond acceptors (Lipinski definition) is 5. The van der Waals surface area contributed by atoms with Crippen molar-refractivity contribution in [2.75, 3.05) is 24.3 Å². The lowest BCUT2D eigenvalue weighted by Gasteiger charge is -2.11. The average molecular weight is 248 g/mol. The minimum atomic E-state index is 0.751. The summed E-state index contributed by atoms with van der Waals surface area (Å²) in [6, 6.07) is 4.03. The third-order valence-corrected chi connectivity index (χ3v) is 3.28. The lowest BCUT2D eigenvalue weighted by Crippen LogP contribution is -2.10. The molecular weight excluding hydrogens is 232 g/mol. The van der Waals surface area contributed by atoms with Crippen LogP contribution >= 0.6 is 11.3 Å². The molecule has 0 saturated heterocycles. The third-order valence-electron chi connectivity index (χ3n) is 2.32. The number of thiazole rings is 1. The van der Waals surface area contributed by atoms with E-state index >= 15 is 0 Å². The van der Waals surface area contributed by atoms with Crippen LogP contribution in [0.5, 0.6) is 0 Å². The normalized spacial score (nSPS) is 10.3. The lowest BCUT2D eigenvalue weighted by molar-refractivity contribution is 1.05. The number of nitrogens with one attached hydrogen (secondary N) is 1. The second-order valence-electron chi connectivity index (χ2n) is 4.04. The molecule has 4 nitrogen and oxygen atoms in total. The monoisotopic (exact) mass is 248 g/mol. The first-order valence-electron chi connectivity index (χ1n) is 5.43. The summed E-state index contributed by atoms with van der Waals surface area (Å²) >= 11 is 1.67. The first-order chi connectivity index (χ1) is 8.15. The molecular formula is C12H16N4S. The molecule has 0 aliphatic heterocycles. The Morgan fingerprint density at radius 2 is 2.18 bits per heavy atom. The van der Waals surface area contributed by atoms with Crippen LogP contribution in [-0.4, -0.2) is 24.1 Å². The maximum atomic E-state index is 4.40. The highest BCUT2D eigenvalue weighted by atomic mass is 32.1. The van der Waals surface area contributed by atoms with Gasteiger partial charge in [-0.05, 0) is 19.1 Å². The molecule has 0 saturated carbocycles. The molecule has 90 valence electrons. The standard InChI is InChI=1S/C12H16N4S/c1-9-8-17-12(15-9)7-13-10-4-5-11(14-6-10)16(2)3/h4-6,8,13H,7H2,1-3H3. The highest BCUT2D eigenvalue weighted by molar-refractivity contribution is 7.09. The van der Waals surface area contributed by atoms with Crippen LogP contribution < -0.4 is 10.2 Å². The Kier molecular flexibility index (Phi) is 3.58. The van der Waals surface area contributed by atoms with E-state index in [2.05, 4.69) is 20.7 Å². The molecule has 2 aromatic heterocycles. The molecule has 0 fully saturated rings. The summed E-state index contributed by atoms with van der Waals surface area (Å²) in [5, 5.41) is 6.46. The van der Waals surface area contributed by atoms with Crippen molar-refractivity contribution < 1.29 is 0 Å². The van der Waals surface area contributed by atoms with Gasteiger partial charge in [-0.3, -0.25) is 0 Å². The number of pyridine rings is 1. The number of anilines is 2. The van der Waals surface area contributed by atoms with Crippen molar-refractivity contribution in [3.63, 3.8) is 0 Å². The minimum Gasteiger partial charge on any atom is -0.377 e. The molecule has 17 heavy (non-hydrogen) atoms. The highest BCUT2D eigenvalue weighted by Crippen LogP contribution is 2.14. The third kappa shape index (κ3) is 3.17. The van der Waals surface area contributed by atoms with Crippen LogP contribution in [0.25, 0.3) is 0 Å². The summed E-state index contributed by atoms with van der Waals surface area (Å²) in [6.45, 7) is 2.76. The van der Waals surface area contributed by atoms with Crippen LogP contribution in [0.2, 0.25) is 0 Å². The van der Waals surface area contributed by atoms with Gasteiger partial charge in [-0.25, -0.2) is 9.97 Å². The summed E-state index contributed by atoms with van der Waals surface area (Å²) < 4.78 is 0. The minimum absolute atomic E-state index is 0.751. The molecule has 0 aliphatic rings. The largest absolute Gasteiger partial charge is 0.377 e. The first kappa shape index (κ1) is 11.9. The number of aryl methyl sites for hydroxylation is 1. The zero-order chi connectivity index (χ0) is 12.3. The number of hydrogen-bond donors (Lipinski definition) is 1. The maximum Gasteiger partial charge on any atom is 0.128 e. The van der Waals surface area contributed by atoms with Crippen molar-refractivity contribution in [2.24, 2.45) is 0 Å². The van der Waals surface area contributed by atoms with Gasteiger partial charge in [0.1, 0.15) is 10.8 Å². The van der Waals surface area contributed by atoms with Gasteiger partial charge < -0.3 is 10.2 Å². The van der Waals surface area contributed by atoms with Crippen LogP contribution in [-0.2, 0) is 6.54 Å². The van der Waals surface area contributed by atoms with E-state index in [0.717, 1.165) is 28.8 Å². The van der Waals surface area contributed by atoms with E-state index in [0.29, 0.717) is 0 Å². The number of aromatic nitrogens is 2. The summed E-state index contributed by atoms with van der Waals surface area (Å²) in [6.07, 6.45) is 1.84. The van der Waals surface area contributed by atoms with Gasteiger partial charge in [0.2, 0.25) is 0 Å². The van der Waals surface area contributed by atoms with Crippen molar-refractivity contribution in [1.82, 2.24) is 9.97 Å². The molecule has 0 aliphatic carbocycles. The Morgan fingerprint density at radius 1 is 1.35 bits per heavy atom. The Balaban J connectivity index is 1.95. The van der Waals surface area contributed by atoms with Crippen LogP contribution in [0.1, 0.15) is 10.7 Å². The van der Waals surface area contributed by atoms with E-state index in [1.54, 1.807) is 11.3 Å². The van der Waals surface area contributed by atoms with Crippen LogP contribution in [0.4, 0.5) is 11.5 Å². The molecule has 1 N–H and O–H groups in total. The van der Waals surface area contributed by atoms with E-state index in [4.69, 9.17) is 0 Å². The van der Waals surface area contributed by atoms with Crippen molar-refractivity contribution in [3.05, 3.63) is 34.4 Å². The van der Waals surface area contributed by atoms with E-state index in [1.165, 1.54) is 0 Å². The van der Waals surface area contributed by atoms with E-state index < -0.39 is 0 Å². The zero-order valence-electron chi connectivity index (χ0n) is 10.3. The van der Waals surface area contributed by atoms with Gasteiger partial charge in [0, 0.05) is 25.2 Å². The fraction of sp³-hybridized carbons (Fsp3) is 0.333. The summed E-state index contributed by atoms with van der Waals surface area (Å²) in [5.74, 6) is 0.959. The fourth-order valence-corrected chi connectivity index (χ4v) is 2.13. The Hall–Kier alpha value is -1.62. The van der Waals surface area contributed by atoms with Crippen LogP contribution in [0, 0.1) is 6.92 Å². The van der Waals surface area contributed by atoms with Crippen molar-refractivity contribution in [1.29, 1.82) is 0 Å². The number of nitrogens with zero attached hydrogens (tertiary/aromatic N) is 3. The zero-order valence-corrected chi connectivity index (χ0v) is 11.1. The molecule has 2 heterocycles. The highest BCUT2D eigenvalue weighted by Gasteiger charge is 2.00. The van der Waals surface area contributed by atoms with Gasteiger partial charge >= 0.3 is 0 Å². The topological polar surface area (TPSA) is 41.0 Å². The summed E-state index contributed by atoms with van der Waals surface area (Å²) in [5.41, 5.74) is 2.09. The van der Waals surface area contributed by atoms with Crippen molar-refractivity contribution >= 4 is 22.8 Å². The van der Waals surface area contributed by atoms with E-state index in [9.17, 15) is 0 Å². The smallest absolute Gasteiger partial charge is 0.128 e. The van der Waals surface area contributed by atoms with Gasteiger partial charge in [-0.2, -0.15) is 0 Å². The SMILES string of the molecule is Cc1csc(CNc2ccc(N(C)C)nc2)n1. The average Bonchev–Trinajstić information content (AvgIpc) is 2.73. The van der Waals surface area contributed by atoms with Gasteiger partial charge in [-0.15, -0.1) is 11.3 Å². The maximum absolute atomic E-state index is 4.40. The molecule has 0 amide bonds. The predicted octanol–water partition coefficient (Wildman–Crippen LogP) is 2.52. The van der Waals surface area contributed by atoms with Gasteiger partial charge in [0.25, 0.3) is 0 Å². The molecule has 0 unspecified atom stereocenters. The molecule has 5 heteroatoms. The second-order valence-corrected chi connectivity index (χ2v) is 4.98. The second kappa shape index (κ2) is 5.14. The molecule has 0 aromatic carbocycles. The first-order valence-corrected chi connectivity index (χ1v) is 6.31. The summed E-state index contributed by atoms with van der Waals surface area (Å²) in [4.78, 5) is 10.7. The fourth-order valence-electron chi connectivity index (χ4n) is 1.42. The van der Waals surface area contributed by atoms with E-state index in [1.807, 2.05) is 44.2 Å². The van der Waals surface area contributed by atoms with E-state index in [-0.39, 0.29) is 0 Å². The van der Waals surface area contributed by atoms with Gasteiger partial charge in [0.05, 0.1) is 18.4 Å². The van der Waals surface area contributed by atoms with Gasteiger partial charge in [0.15, 0.2) is 0 Å². The van der Waals surface area contributed by atoms with Crippen molar-refractivity contribution in [3.8, 4) is 0 Å². The van der Waals surface area contributed by atoms with Gasteiger partial charge in [-0.1, -0.05) is 0 Å². The predicted molar refractivity (Wildman–Crippen MR) is 72.7 cm³/mol. The van der Waals surface area contributed by atoms with Crippen LogP contribution in [0.3, 0.4) is 0 Å².